The fourth-order valence-electron chi connectivity index (χ4n) is 2.32. The highest BCUT2D eigenvalue weighted by Crippen LogP contribution is 2.39. The van der Waals surface area contributed by atoms with Gasteiger partial charge < -0.3 is 0 Å². The molecule has 11 heavy (non-hydrogen) atoms. The number of allylic oxidation sites excluding steroid dienone is 2. The smallest absolute Gasteiger partial charge is 0.0697 e. The Morgan fingerprint density at radius 2 is 2.27 bits per heavy atom. The van der Waals surface area contributed by atoms with Gasteiger partial charge in [0.2, 0.25) is 0 Å². The average molecular weight is 147 g/mol. The molecule has 1 nitrogen and oxygen atoms in total. The van der Waals surface area contributed by atoms with Crippen molar-refractivity contribution < 1.29 is 0 Å². The largest absolute Gasteiger partial charge is 0.198 e. The minimum atomic E-state index is 0.236. The number of rotatable bonds is 0. The van der Waals surface area contributed by atoms with Crippen LogP contribution >= 0.6 is 0 Å². The molecule has 2 aliphatic rings. The Morgan fingerprint density at radius 1 is 1.36 bits per heavy atom. The van der Waals surface area contributed by atoms with Crippen molar-refractivity contribution in [1.82, 2.24) is 0 Å². The van der Waals surface area contributed by atoms with Gasteiger partial charge >= 0.3 is 0 Å². The molecule has 1 heteroatoms. The van der Waals surface area contributed by atoms with Crippen molar-refractivity contribution in [3.63, 3.8) is 0 Å². The second-order valence-corrected chi connectivity index (χ2v) is 3.64. The quantitative estimate of drug-likeness (QED) is 0.483. The zero-order valence-electron chi connectivity index (χ0n) is 6.71. The molecule has 0 saturated heterocycles. The van der Waals surface area contributed by atoms with E-state index in [4.69, 9.17) is 5.26 Å². The molecule has 0 aromatic rings. The number of fused-ring (bicyclic) bond motifs is 1. The summed E-state index contributed by atoms with van der Waals surface area (Å²) in [7, 11) is 0. The second kappa shape index (κ2) is 2.70. The first-order valence-corrected chi connectivity index (χ1v) is 4.50. The van der Waals surface area contributed by atoms with Gasteiger partial charge in [0.1, 0.15) is 0 Å². The van der Waals surface area contributed by atoms with Crippen LogP contribution in [0.3, 0.4) is 0 Å². The number of nitriles is 1. The highest BCUT2D eigenvalue weighted by Gasteiger charge is 2.26. The molecule has 0 aliphatic heterocycles. The Labute approximate surface area is 67.7 Å². The highest BCUT2D eigenvalue weighted by atomic mass is 14.3. The summed E-state index contributed by atoms with van der Waals surface area (Å²) in [6, 6.07) is 2.34. The number of hydrogen-bond acceptors (Lipinski definition) is 1. The lowest BCUT2D eigenvalue weighted by molar-refractivity contribution is 0.490. The van der Waals surface area contributed by atoms with Crippen molar-refractivity contribution >= 4 is 0 Å². The minimum Gasteiger partial charge on any atom is -0.198 e. The van der Waals surface area contributed by atoms with E-state index in [0.717, 1.165) is 12.3 Å². The van der Waals surface area contributed by atoms with Crippen LogP contribution in [0.1, 0.15) is 32.1 Å². The fourth-order valence-corrected chi connectivity index (χ4v) is 2.32. The zero-order chi connectivity index (χ0) is 7.68. The first-order valence-electron chi connectivity index (χ1n) is 4.50. The third-order valence-electron chi connectivity index (χ3n) is 2.95. The molecule has 0 N–H and O–H groups in total. The van der Waals surface area contributed by atoms with Crippen molar-refractivity contribution in [3.8, 4) is 6.07 Å². The molecule has 1 fully saturated rings. The summed E-state index contributed by atoms with van der Waals surface area (Å²) in [4.78, 5) is 0. The van der Waals surface area contributed by atoms with Crippen LogP contribution in [0, 0.1) is 23.2 Å². The molecule has 2 unspecified atom stereocenters. The summed E-state index contributed by atoms with van der Waals surface area (Å²) >= 11 is 0. The van der Waals surface area contributed by atoms with E-state index in [9.17, 15) is 0 Å². The summed E-state index contributed by atoms with van der Waals surface area (Å²) in [6.07, 6.45) is 8.59. The number of hydrogen-bond donors (Lipinski definition) is 0. The molecular weight excluding hydrogens is 134 g/mol. The standard InChI is InChI=1S/C10H13N/c11-7-8-4-5-9-2-1-3-10(9)6-8/h6,8-9H,1-5H2. The van der Waals surface area contributed by atoms with Crippen molar-refractivity contribution in [3.05, 3.63) is 11.6 Å². The lowest BCUT2D eigenvalue weighted by Crippen LogP contribution is -2.08. The van der Waals surface area contributed by atoms with E-state index in [1.165, 1.54) is 25.7 Å². The fraction of sp³-hybridized carbons (Fsp3) is 0.700. The lowest BCUT2D eigenvalue weighted by atomic mass is 9.85. The summed E-state index contributed by atoms with van der Waals surface area (Å²) in [5.41, 5.74) is 1.59. The van der Waals surface area contributed by atoms with Crippen molar-refractivity contribution in [2.75, 3.05) is 0 Å². The topological polar surface area (TPSA) is 23.8 Å². The van der Waals surface area contributed by atoms with Gasteiger partial charge in [0.25, 0.3) is 0 Å². The van der Waals surface area contributed by atoms with Gasteiger partial charge in [-0.1, -0.05) is 11.6 Å². The molecular formula is C10H13N. The van der Waals surface area contributed by atoms with Gasteiger partial charge in [-0.15, -0.1) is 0 Å². The van der Waals surface area contributed by atoms with Crippen LogP contribution in [0.5, 0.6) is 0 Å². The van der Waals surface area contributed by atoms with Crippen molar-refractivity contribution in [2.45, 2.75) is 32.1 Å². The molecule has 2 rings (SSSR count). The van der Waals surface area contributed by atoms with Gasteiger partial charge in [-0.2, -0.15) is 5.26 Å². The molecule has 0 spiro atoms. The van der Waals surface area contributed by atoms with Gasteiger partial charge in [-0.25, -0.2) is 0 Å². The first kappa shape index (κ1) is 6.91. The monoisotopic (exact) mass is 147 g/mol. The molecule has 2 aliphatic carbocycles. The molecule has 0 radical (unpaired) electrons. The Balaban J connectivity index is 2.17. The van der Waals surface area contributed by atoms with Crippen molar-refractivity contribution in [2.24, 2.45) is 11.8 Å². The van der Waals surface area contributed by atoms with Crippen molar-refractivity contribution in [1.29, 1.82) is 5.26 Å². The van der Waals surface area contributed by atoms with Gasteiger partial charge in [-0.05, 0) is 38.0 Å². The molecule has 0 aromatic carbocycles. The summed E-state index contributed by atoms with van der Waals surface area (Å²) in [6.45, 7) is 0. The van der Waals surface area contributed by atoms with E-state index in [0.29, 0.717) is 0 Å². The van der Waals surface area contributed by atoms with E-state index in [-0.39, 0.29) is 5.92 Å². The number of nitrogens with zero attached hydrogens (tertiary/aromatic N) is 1. The predicted octanol–water partition coefficient (Wildman–Crippen LogP) is 2.65. The van der Waals surface area contributed by atoms with Crippen LogP contribution in [0.25, 0.3) is 0 Å². The first-order chi connectivity index (χ1) is 5.40. The Bertz CT molecular complexity index is 222. The summed E-state index contributed by atoms with van der Waals surface area (Å²) in [5, 5.41) is 8.72. The molecule has 0 heterocycles. The molecule has 0 amide bonds. The third-order valence-corrected chi connectivity index (χ3v) is 2.95. The van der Waals surface area contributed by atoms with Gasteiger partial charge in [0.05, 0.1) is 12.0 Å². The average Bonchev–Trinajstić information content (AvgIpc) is 2.50. The van der Waals surface area contributed by atoms with Gasteiger partial charge in [0.15, 0.2) is 0 Å². The summed E-state index contributed by atoms with van der Waals surface area (Å²) in [5.74, 6) is 1.10. The van der Waals surface area contributed by atoms with Crippen LogP contribution in [0.2, 0.25) is 0 Å². The highest BCUT2D eigenvalue weighted by molar-refractivity contribution is 5.19. The second-order valence-electron chi connectivity index (χ2n) is 3.64. The van der Waals surface area contributed by atoms with Crippen LogP contribution < -0.4 is 0 Å². The van der Waals surface area contributed by atoms with E-state index < -0.39 is 0 Å². The molecule has 0 bridgehead atoms. The lowest BCUT2D eigenvalue weighted by Gasteiger charge is -2.19. The van der Waals surface area contributed by atoms with E-state index in [1.54, 1.807) is 5.57 Å². The summed E-state index contributed by atoms with van der Waals surface area (Å²) < 4.78 is 0. The SMILES string of the molecule is N#CC1C=C2CCCC2CC1. The minimum absolute atomic E-state index is 0.236. The van der Waals surface area contributed by atoms with Crippen LogP contribution in [0.15, 0.2) is 11.6 Å². The van der Waals surface area contributed by atoms with Gasteiger partial charge in [0, 0.05) is 0 Å². The Kier molecular flexibility index (Phi) is 1.69. The zero-order valence-corrected chi connectivity index (χ0v) is 6.71. The van der Waals surface area contributed by atoms with E-state index in [2.05, 4.69) is 12.1 Å². The molecule has 2 atom stereocenters. The van der Waals surface area contributed by atoms with Gasteiger partial charge in [-0.3, -0.25) is 0 Å². The van der Waals surface area contributed by atoms with Crippen LogP contribution in [-0.4, -0.2) is 0 Å². The maximum atomic E-state index is 8.72. The van der Waals surface area contributed by atoms with E-state index in [1.807, 2.05) is 0 Å². The Morgan fingerprint density at radius 3 is 3.09 bits per heavy atom. The molecule has 58 valence electrons. The Hall–Kier alpha value is -0.770. The third kappa shape index (κ3) is 1.18. The molecule has 1 saturated carbocycles. The predicted molar refractivity (Wildman–Crippen MR) is 43.8 cm³/mol. The maximum Gasteiger partial charge on any atom is 0.0697 e. The van der Waals surface area contributed by atoms with E-state index >= 15 is 0 Å². The van der Waals surface area contributed by atoms with Crippen LogP contribution in [0.4, 0.5) is 0 Å². The molecule has 0 aromatic heterocycles. The normalized spacial score (nSPS) is 35.7. The maximum absolute atomic E-state index is 8.72. The van der Waals surface area contributed by atoms with Crippen LogP contribution in [-0.2, 0) is 0 Å².